The Morgan fingerprint density at radius 3 is 2.62 bits per heavy atom. The number of ether oxygens (including phenoxy) is 2. The van der Waals surface area contributed by atoms with E-state index in [1.165, 1.54) is 6.26 Å². The van der Waals surface area contributed by atoms with Gasteiger partial charge in [0.25, 0.3) is 0 Å². The minimum Gasteiger partial charge on any atom is -0.493 e. The zero-order valence-electron chi connectivity index (χ0n) is 12.6. The third-order valence-electron chi connectivity index (χ3n) is 2.77. The van der Waals surface area contributed by atoms with Gasteiger partial charge in [0.05, 0.1) is 23.9 Å². The molecule has 0 aromatic heterocycles. The maximum Gasteiger partial charge on any atom is 0.175 e. The van der Waals surface area contributed by atoms with Gasteiger partial charge in [0.15, 0.2) is 11.5 Å². The minimum absolute atomic E-state index is 0.117. The molecule has 0 amide bonds. The normalized spacial score (nSPS) is 11.4. The van der Waals surface area contributed by atoms with Crippen LogP contribution >= 0.6 is 15.9 Å². The van der Waals surface area contributed by atoms with Crippen LogP contribution in [0.15, 0.2) is 16.6 Å². The lowest BCUT2D eigenvalue weighted by molar-refractivity contribution is 0.292. The SMILES string of the molecule is CCNCc1cc(Br)c(OCCCS(C)(=O)=O)c(OC)c1. The van der Waals surface area contributed by atoms with E-state index in [1.807, 2.05) is 19.1 Å². The maximum absolute atomic E-state index is 11.1. The molecule has 1 aromatic carbocycles. The molecule has 0 unspecified atom stereocenters. The molecular weight excluding hydrogens is 358 g/mol. The molecular formula is C14H22BrNO4S. The topological polar surface area (TPSA) is 64.6 Å². The highest BCUT2D eigenvalue weighted by atomic mass is 79.9. The van der Waals surface area contributed by atoms with Gasteiger partial charge < -0.3 is 14.8 Å². The van der Waals surface area contributed by atoms with E-state index in [-0.39, 0.29) is 5.75 Å². The average molecular weight is 380 g/mol. The van der Waals surface area contributed by atoms with Crippen LogP contribution in [0.5, 0.6) is 11.5 Å². The first-order valence-electron chi connectivity index (χ1n) is 6.75. The van der Waals surface area contributed by atoms with Crippen LogP contribution < -0.4 is 14.8 Å². The first kappa shape index (κ1) is 18.3. The van der Waals surface area contributed by atoms with Gasteiger partial charge in [0.2, 0.25) is 0 Å². The lowest BCUT2D eigenvalue weighted by Gasteiger charge is -2.14. The van der Waals surface area contributed by atoms with Crippen molar-refractivity contribution in [2.24, 2.45) is 0 Å². The zero-order chi connectivity index (χ0) is 15.9. The summed E-state index contributed by atoms with van der Waals surface area (Å²) in [7, 11) is -1.37. The van der Waals surface area contributed by atoms with Crippen LogP contribution in [-0.2, 0) is 16.4 Å². The number of hydrogen-bond acceptors (Lipinski definition) is 5. The fourth-order valence-electron chi connectivity index (χ4n) is 1.78. The van der Waals surface area contributed by atoms with E-state index in [9.17, 15) is 8.42 Å². The van der Waals surface area contributed by atoms with Gasteiger partial charge in [-0.1, -0.05) is 6.92 Å². The molecule has 0 radical (unpaired) electrons. The van der Waals surface area contributed by atoms with Crippen molar-refractivity contribution in [3.05, 3.63) is 22.2 Å². The highest BCUT2D eigenvalue weighted by Gasteiger charge is 2.12. The van der Waals surface area contributed by atoms with Crippen molar-refractivity contribution in [3.63, 3.8) is 0 Å². The second-order valence-corrected chi connectivity index (χ2v) is 7.84. The van der Waals surface area contributed by atoms with Crippen molar-refractivity contribution in [3.8, 4) is 11.5 Å². The smallest absolute Gasteiger partial charge is 0.175 e. The Morgan fingerprint density at radius 1 is 1.33 bits per heavy atom. The lowest BCUT2D eigenvalue weighted by Crippen LogP contribution is -2.12. The molecule has 0 aliphatic heterocycles. The molecule has 0 fully saturated rings. The Morgan fingerprint density at radius 2 is 2.05 bits per heavy atom. The first-order chi connectivity index (χ1) is 9.87. The van der Waals surface area contributed by atoms with Gasteiger partial charge in [-0.3, -0.25) is 0 Å². The molecule has 120 valence electrons. The van der Waals surface area contributed by atoms with Gasteiger partial charge >= 0.3 is 0 Å². The molecule has 0 saturated carbocycles. The highest BCUT2D eigenvalue weighted by molar-refractivity contribution is 9.10. The van der Waals surface area contributed by atoms with Gasteiger partial charge in [0, 0.05) is 12.8 Å². The molecule has 1 rings (SSSR count). The van der Waals surface area contributed by atoms with Crippen LogP contribution in [0, 0.1) is 0 Å². The molecule has 5 nitrogen and oxygen atoms in total. The first-order valence-corrected chi connectivity index (χ1v) is 9.60. The van der Waals surface area contributed by atoms with E-state index in [1.54, 1.807) is 7.11 Å². The molecule has 7 heteroatoms. The Kier molecular flexibility index (Phi) is 7.48. The average Bonchev–Trinajstić information content (AvgIpc) is 2.41. The summed E-state index contributed by atoms with van der Waals surface area (Å²) in [5, 5.41) is 3.25. The number of hydrogen-bond donors (Lipinski definition) is 1. The van der Waals surface area contributed by atoms with E-state index in [2.05, 4.69) is 21.2 Å². The van der Waals surface area contributed by atoms with Crippen molar-refractivity contribution in [2.45, 2.75) is 19.9 Å². The number of benzene rings is 1. The third kappa shape index (κ3) is 6.67. The summed E-state index contributed by atoms with van der Waals surface area (Å²) < 4.78 is 34.0. The summed E-state index contributed by atoms with van der Waals surface area (Å²) in [4.78, 5) is 0. The molecule has 0 spiro atoms. The van der Waals surface area contributed by atoms with Crippen molar-refractivity contribution in [1.82, 2.24) is 5.32 Å². The predicted molar refractivity (Wildman–Crippen MR) is 87.9 cm³/mol. The van der Waals surface area contributed by atoms with E-state index in [4.69, 9.17) is 9.47 Å². The van der Waals surface area contributed by atoms with Crippen LogP contribution in [0.25, 0.3) is 0 Å². The van der Waals surface area contributed by atoms with Crippen molar-refractivity contribution < 1.29 is 17.9 Å². The largest absolute Gasteiger partial charge is 0.493 e. The fraction of sp³-hybridized carbons (Fsp3) is 0.571. The number of nitrogens with one attached hydrogen (secondary N) is 1. The molecule has 1 N–H and O–H groups in total. The van der Waals surface area contributed by atoms with Crippen LogP contribution in [-0.4, -0.2) is 40.7 Å². The van der Waals surface area contributed by atoms with Crippen LogP contribution in [0.3, 0.4) is 0 Å². The molecule has 1 aromatic rings. The fourth-order valence-corrected chi connectivity index (χ4v) is 3.03. The monoisotopic (exact) mass is 379 g/mol. The summed E-state index contributed by atoms with van der Waals surface area (Å²) in [5.41, 5.74) is 1.09. The van der Waals surface area contributed by atoms with Crippen molar-refractivity contribution in [1.29, 1.82) is 0 Å². The standard InChI is InChI=1S/C14H22BrNO4S/c1-4-16-10-11-8-12(15)14(13(9-11)19-2)20-6-5-7-21(3,17)18/h8-9,16H,4-7,10H2,1-3H3. The minimum atomic E-state index is -2.95. The van der Waals surface area contributed by atoms with E-state index in [0.29, 0.717) is 24.5 Å². The summed E-state index contributed by atoms with van der Waals surface area (Å²) in [6.45, 7) is 4.02. The third-order valence-corrected chi connectivity index (χ3v) is 4.39. The van der Waals surface area contributed by atoms with Gasteiger partial charge in [0.1, 0.15) is 9.84 Å². The number of methoxy groups -OCH3 is 1. The molecule has 0 saturated heterocycles. The molecule has 0 atom stereocenters. The predicted octanol–water partition coefficient (Wildman–Crippen LogP) is 2.38. The summed E-state index contributed by atoms with van der Waals surface area (Å²) in [6.07, 6.45) is 1.67. The summed E-state index contributed by atoms with van der Waals surface area (Å²) in [5.74, 6) is 1.36. The second-order valence-electron chi connectivity index (χ2n) is 4.72. The Labute approximate surface area is 135 Å². The number of halogens is 1. The highest BCUT2D eigenvalue weighted by Crippen LogP contribution is 2.36. The number of rotatable bonds is 9. The van der Waals surface area contributed by atoms with Gasteiger partial charge in [-0.05, 0) is 46.6 Å². The quantitative estimate of drug-likeness (QED) is 0.667. The van der Waals surface area contributed by atoms with Crippen LogP contribution in [0.1, 0.15) is 18.9 Å². The van der Waals surface area contributed by atoms with E-state index < -0.39 is 9.84 Å². The van der Waals surface area contributed by atoms with Crippen LogP contribution in [0.4, 0.5) is 0 Å². The Balaban J connectivity index is 2.72. The molecule has 0 aliphatic carbocycles. The Hall–Kier alpha value is -0.790. The van der Waals surface area contributed by atoms with E-state index in [0.717, 1.165) is 23.1 Å². The second kappa shape index (κ2) is 8.60. The number of sulfone groups is 1. The molecule has 21 heavy (non-hydrogen) atoms. The summed E-state index contributed by atoms with van der Waals surface area (Å²) in [6, 6.07) is 3.89. The lowest BCUT2D eigenvalue weighted by atomic mass is 10.2. The Bertz CT molecular complexity index is 560. The van der Waals surface area contributed by atoms with Crippen molar-refractivity contribution >= 4 is 25.8 Å². The van der Waals surface area contributed by atoms with Crippen molar-refractivity contribution in [2.75, 3.05) is 32.3 Å². The molecule has 0 aliphatic rings. The maximum atomic E-state index is 11.1. The van der Waals surface area contributed by atoms with Gasteiger partial charge in [-0.25, -0.2) is 8.42 Å². The van der Waals surface area contributed by atoms with Crippen LogP contribution in [0.2, 0.25) is 0 Å². The summed E-state index contributed by atoms with van der Waals surface area (Å²) >= 11 is 3.47. The zero-order valence-corrected chi connectivity index (χ0v) is 15.0. The van der Waals surface area contributed by atoms with Gasteiger partial charge in [-0.2, -0.15) is 0 Å². The molecule has 0 bridgehead atoms. The molecule has 0 heterocycles. The van der Waals surface area contributed by atoms with E-state index >= 15 is 0 Å². The van der Waals surface area contributed by atoms with Gasteiger partial charge in [-0.15, -0.1) is 0 Å².